The van der Waals surface area contributed by atoms with Crippen molar-refractivity contribution >= 4 is 11.9 Å². The summed E-state index contributed by atoms with van der Waals surface area (Å²) < 4.78 is 16.0. The molecule has 2 heterocycles. The van der Waals surface area contributed by atoms with Crippen LogP contribution in [0.15, 0.2) is 28.8 Å². The normalized spacial score (nSPS) is 19.0. The topological polar surface area (TPSA) is 111 Å². The van der Waals surface area contributed by atoms with Crippen LogP contribution in [0, 0.1) is 13.8 Å². The van der Waals surface area contributed by atoms with Gasteiger partial charge in [-0.3, -0.25) is 4.79 Å². The molecule has 2 N–H and O–H groups in total. The number of nitrogens with one attached hydrogen (secondary N) is 1. The number of ether oxygens (including phenoxy) is 2. The minimum absolute atomic E-state index is 0.0114. The van der Waals surface area contributed by atoms with E-state index < -0.39 is 11.5 Å². The molecule has 1 amide bonds. The number of rotatable bonds is 7. The second-order valence-corrected chi connectivity index (χ2v) is 6.65. The Morgan fingerprint density at radius 1 is 1.30 bits per heavy atom. The van der Waals surface area contributed by atoms with Crippen molar-refractivity contribution in [2.75, 3.05) is 13.2 Å². The summed E-state index contributed by atoms with van der Waals surface area (Å²) in [5, 5.41) is 15.9. The van der Waals surface area contributed by atoms with Crippen molar-refractivity contribution < 1.29 is 28.7 Å². The van der Waals surface area contributed by atoms with Gasteiger partial charge in [0.25, 0.3) is 0 Å². The van der Waals surface area contributed by atoms with Crippen LogP contribution in [0.3, 0.4) is 0 Å². The van der Waals surface area contributed by atoms with Gasteiger partial charge in [0.15, 0.2) is 5.54 Å². The predicted molar refractivity (Wildman–Crippen MR) is 94.4 cm³/mol. The second-order valence-electron chi connectivity index (χ2n) is 6.65. The summed E-state index contributed by atoms with van der Waals surface area (Å²) in [7, 11) is 0. The zero-order valence-electron chi connectivity index (χ0n) is 15.3. The van der Waals surface area contributed by atoms with Crippen LogP contribution in [-0.4, -0.2) is 40.9 Å². The molecule has 27 heavy (non-hydrogen) atoms. The molecule has 1 unspecified atom stereocenters. The van der Waals surface area contributed by atoms with E-state index in [1.165, 1.54) is 0 Å². The number of aryl methyl sites for hydroxylation is 2. The first-order chi connectivity index (χ1) is 12.9. The molecule has 0 aliphatic carbocycles. The van der Waals surface area contributed by atoms with Crippen molar-refractivity contribution in [3.8, 4) is 5.75 Å². The maximum absolute atomic E-state index is 12.2. The van der Waals surface area contributed by atoms with Crippen LogP contribution >= 0.6 is 0 Å². The fourth-order valence-electron chi connectivity index (χ4n) is 2.95. The number of hydrogen-bond donors (Lipinski definition) is 2. The molecule has 0 spiro atoms. The van der Waals surface area contributed by atoms with Gasteiger partial charge in [0.2, 0.25) is 5.91 Å². The molecule has 1 aliphatic heterocycles. The molecule has 1 aliphatic rings. The number of nitrogens with zero attached hydrogens (tertiary/aromatic N) is 1. The van der Waals surface area contributed by atoms with Gasteiger partial charge in [-0.15, -0.1) is 0 Å². The lowest BCUT2D eigenvalue weighted by molar-refractivity contribution is -0.147. The number of carbonyl (C=O) groups excluding carboxylic acids is 1. The van der Waals surface area contributed by atoms with Crippen LogP contribution in [0.25, 0.3) is 0 Å². The largest absolute Gasteiger partial charge is 0.489 e. The Labute approximate surface area is 156 Å². The highest BCUT2D eigenvalue weighted by molar-refractivity contribution is 5.88. The molecule has 144 valence electrons. The first kappa shape index (κ1) is 18.9. The van der Waals surface area contributed by atoms with Gasteiger partial charge in [-0.2, -0.15) is 0 Å². The van der Waals surface area contributed by atoms with Crippen LogP contribution in [0.2, 0.25) is 0 Å². The van der Waals surface area contributed by atoms with E-state index in [2.05, 4.69) is 10.5 Å². The summed E-state index contributed by atoms with van der Waals surface area (Å²) in [6.45, 7) is 4.35. The fraction of sp³-hybridized carbons (Fsp3) is 0.421. The Kier molecular flexibility index (Phi) is 5.46. The predicted octanol–water partition coefficient (Wildman–Crippen LogP) is 1.77. The van der Waals surface area contributed by atoms with Gasteiger partial charge < -0.3 is 24.4 Å². The van der Waals surface area contributed by atoms with Gasteiger partial charge in [0.1, 0.15) is 18.1 Å². The Morgan fingerprint density at radius 2 is 2.04 bits per heavy atom. The summed E-state index contributed by atoms with van der Waals surface area (Å²) in [5.74, 6) is -0.0434. The quantitative estimate of drug-likeness (QED) is 0.760. The van der Waals surface area contributed by atoms with Crippen LogP contribution in [-0.2, 0) is 27.4 Å². The highest BCUT2D eigenvalue weighted by Crippen LogP contribution is 2.20. The molecule has 0 bridgehead atoms. The number of amides is 1. The molecule has 3 rings (SSSR count). The lowest BCUT2D eigenvalue weighted by atomic mass is 9.98. The number of benzene rings is 1. The number of aromatic nitrogens is 1. The van der Waals surface area contributed by atoms with Gasteiger partial charge in [-0.25, -0.2) is 4.79 Å². The van der Waals surface area contributed by atoms with E-state index in [0.717, 1.165) is 22.6 Å². The van der Waals surface area contributed by atoms with Gasteiger partial charge in [0.05, 0.1) is 24.3 Å². The van der Waals surface area contributed by atoms with E-state index in [4.69, 9.17) is 14.0 Å². The number of hydrogen-bond acceptors (Lipinski definition) is 6. The molecule has 1 aromatic heterocycles. The van der Waals surface area contributed by atoms with E-state index in [-0.39, 0.29) is 25.4 Å². The minimum Gasteiger partial charge on any atom is -0.489 e. The third-order valence-electron chi connectivity index (χ3n) is 4.66. The Balaban J connectivity index is 1.56. The van der Waals surface area contributed by atoms with Crippen molar-refractivity contribution in [2.45, 2.75) is 38.8 Å². The zero-order chi connectivity index (χ0) is 19.4. The summed E-state index contributed by atoms with van der Waals surface area (Å²) in [4.78, 5) is 23.7. The monoisotopic (exact) mass is 374 g/mol. The van der Waals surface area contributed by atoms with E-state index in [1.54, 1.807) is 24.3 Å². The molecule has 0 radical (unpaired) electrons. The summed E-state index contributed by atoms with van der Waals surface area (Å²) >= 11 is 0. The van der Waals surface area contributed by atoms with Crippen molar-refractivity contribution in [1.29, 1.82) is 0 Å². The molecule has 1 fully saturated rings. The first-order valence-corrected chi connectivity index (χ1v) is 8.65. The maximum Gasteiger partial charge on any atom is 0.331 e. The summed E-state index contributed by atoms with van der Waals surface area (Å²) in [5.41, 5.74) is 1.14. The van der Waals surface area contributed by atoms with E-state index in [9.17, 15) is 14.7 Å². The summed E-state index contributed by atoms with van der Waals surface area (Å²) in [6.07, 6.45) is 0.349. The third kappa shape index (κ3) is 4.28. The molecule has 1 saturated heterocycles. The van der Waals surface area contributed by atoms with Crippen molar-refractivity contribution in [3.05, 3.63) is 46.8 Å². The smallest absolute Gasteiger partial charge is 0.331 e. The van der Waals surface area contributed by atoms with Crippen LogP contribution in [0.1, 0.15) is 29.0 Å². The number of carbonyl (C=O) groups is 2. The van der Waals surface area contributed by atoms with Gasteiger partial charge >= 0.3 is 5.97 Å². The molecular weight excluding hydrogens is 352 g/mol. The van der Waals surface area contributed by atoms with Gasteiger partial charge in [-0.1, -0.05) is 17.3 Å². The molecular formula is C19H22N2O6. The van der Waals surface area contributed by atoms with Crippen molar-refractivity contribution in [1.82, 2.24) is 10.5 Å². The lowest BCUT2D eigenvalue weighted by Crippen LogP contribution is -2.55. The molecule has 8 heteroatoms. The van der Waals surface area contributed by atoms with Crippen LogP contribution < -0.4 is 10.1 Å². The summed E-state index contributed by atoms with van der Waals surface area (Å²) in [6, 6.07) is 7.10. The number of carboxylic acids is 1. The second kappa shape index (κ2) is 7.79. The Hall–Kier alpha value is -2.87. The Bertz CT molecular complexity index is 802. The molecule has 0 saturated carbocycles. The van der Waals surface area contributed by atoms with Crippen LogP contribution in [0.5, 0.6) is 5.75 Å². The third-order valence-corrected chi connectivity index (χ3v) is 4.66. The highest BCUT2D eigenvalue weighted by Gasteiger charge is 2.43. The average Bonchev–Trinajstić information content (AvgIpc) is 3.22. The van der Waals surface area contributed by atoms with E-state index in [1.807, 2.05) is 13.8 Å². The van der Waals surface area contributed by atoms with Crippen molar-refractivity contribution in [2.24, 2.45) is 0 Å². The molecule has 2 aromatic rings. The lowest BCUT2D eigenvalue weighted by Gasteiger charge is -2.23. The fourth-order valence-corrected chi connectivity index (χ4v) is 2.95. The van der Waals surface area contributed by atoms with Crippen LogP contribution in [0.4, 0.5) is 0 Å². The Morgan fingerprint density at radius 3 is 2.59 bits per heavy atom. The van der Waals surface area contributed by atoms with Gasteiger partial charge in [-0.05, 0) is 31.5 Å². The SMILES string of the molecule is Cc1noc(C)c1COc1ccc(CC(=O)NC2(C(=O)O)CCOC2)cc1. The van der Waals surface area contributed by atoms with Crippen molar-refractivity contribution in [3.63, 3.8) is 0 Å². The maximum atomic E-state index is 12.2. The first-order valence-electron chi connectivity index (χ1n) is 8.65. The number of carboxylic acid groups (broad SMARTS) is 1. The standard InChI is InChI=1S/C19H22N2O6/c1-12-16(13(2)27-21-12)10-26-15-5-3-14(4-6-15)9-17(22)20-19(18(23)24)7-8-25-11-19/h3-6H,7-11H2,1-2H3,(H,20,22)(H,23,24). The molecule has 1 atom stereocenters. The van der Waals surface area contributed by atoms with Gasteiger partial charge in [0, 0.05) is 13.0 Å². The van der Waals surface area contributed by atoms with E-state index >= 15 is 0 Å². The minimum atomic E-state index is -1.32. The zero-order valence-corrected chi connectivity index (χ0v) is 15.3. The highest BCUT2D eigenvalue weighted by atomic mass is 16.5. The molecule has 1 aromatic carbocycles. The molecule has 8 nitrogen and oxygen atoms in total. The number of aliphatic carboxylic acids is 1. The van der Waals surface area contributed by atoms with E-state index in [0.29, 0.717) is 19.0 Å². The average molecular weight is 374 g/mol.